The Kier molecular flexibility index (Phi) is 5.98. The van der Waals surface area contributed by atoms with Crippen LogP contribution in [0.1, 0.15) is 43.5 Å². The molecule has 0 fully saturated rings. The SMILES string of the molecule is CC(C)c1noc(CCC(=O)NNc2ccc(C(F)(F)F)cc2[N+](=O)[O-])n1. The summed E-state index contributed by atoms with van der Waals surface area (Å²) >= 11 is 0. The monoisotopic (exact) mass is 387 g/mol. The second-order valence-corrected chi connectivity index (χ2v) is 5.86. The highest BCUT2D eigenvalue weighted by Crippen LogP contribution is 2.34. The summed E-state index contributed by atoms with van der Waals surface area (Å²) in [5, 5.41) is 14.7. The number of aromatic nitrogens is 2. The molecule has 9 nitrogen and oxygen atoms in total. The van der Waals surface area contributed by atoms with Crippen molar-refractivity contribution in [2.75, 3.05) is 5.43 Å². The normalized spacial score (nSPS) is 11.5. The Labute approximate surface area is 151 Å². The van der Waals surface area contributed by atoms with Crippen molar-refractivity contribution in [3.63, 3.8) is 0 Å². The van der Waals surface area contributed by atoms with E-state index in [0.29, 0.717) is 18.0 Å². The van der Waals surface area contributed by atoms with Crippen molar-refractivity contribution in [3.05, 3.63) is 45.6 Å². The molecule has 2 aromatic rings. The number of hydrogen-bond acceptors (Lipinski definition) is 7. The number of hydrogen-bond donors (Lipinski definition) is 2. The molecule has 0 spiro atoms. The quantitative estimate of drug-likeness (QED) is 0.552. The fraction of sp³-hybridized carbons (Fsp3) is 0.400. The van der Waals surface area contributed by atoms with Crippen LogP contribution >= 0.6 is 0 Å². The fourth-order valence-corrected chi connectivity index (χ4v) is 1.99. The summed E-state index contributed by atoms with van der Waals surface area (Å²) < 4.78 is 43.0. The minimum Gasteiger partial charge on any atom is -0.339 e. The zero-order valence-electron chi connectivity index (χ0n) is 14.3. The molecule has 1 heterocycles. The first-order chi connectivity index (χ1) is 12.6. The van der Waals surface area contributed by atoms with E-state index in [2.05, 4.69) is 21.0 Å². The predicted molar refractivity (Wildman–Crippen MR) is 86.6 cm³/mol. The van der Waals surface area contributed by atoms with Crippen LogP contribution in [0.2, 0.25) is 0 Å². The summed E-state index contributed by atoms with van der Waals surface area (Å²) in [5.41, 5.74) is 2.19. The number of benzene rings is 1. The Balaban J connectivity index is 1.96. The van der Waals surface area contributed by atoms with Crippen LogP contribution in [0.3, 0.4) is 0 Å². The van der Waals surface area contributed by atoms with Crippen molar-refractivity contribution in [2.24, 2.45) is 0 Å². The van der Waals surface area contributed by atoms with Gasteiger partial charge >= 0.3 is 6.18 Å². The molecule has 0 saturated carbocycles. The van der Waals surface area contributed by atoms with Crippen LogP contribution in [0, 0.1) is 10.1 Å². The highest BCUT2D eigenvalue weighted by Gasteiger charge is 2.33. The average molecular weight is 387 g/mol. The fourth-order valence-electron chi connectivity index (χ4n) is 1.99. The molecule has 0 radical (unpaired) electrons. The van der Waals surface area contributed by atoms with Crippen molar-refractivity contribution < 1.29 is 27.4 Å². The molecule has 0 aliphatic rings. The number of amides is 1. The van der Waals surface area contributed by atoms with Crippen molar-refractivity contribution in [2.45, 2.75) is 38.8 Å². The second kappa shape index (κ2) is 8.01. The molecular weight excluding hydrogens is 371 g/mol. The molecule has 0 unspecified atom stereocenters. The van der Waals surface area contributed by atoms with Gasteiger partial charge in [-0.2, -0.15) is 18.2 Å². The van der Waals surface area contributed by atoms with E-state index in [-0.39, 0.29) is 30.3 Å². The molecule has 2 rings (SSSR count). The van der Waals surface area contributed by atoms with Crippen LogP contribution in [0.25, 0.3) is 0 Å². The van der Waals surface area contributed by atoms with E-state index in [0.717, 1.165) is 6.07 Å². The molecule has 12 heteroatoms. The molecule has 0 atom stereocenters. The van der Waals surface area contributed by atoms with Gasteiger partial charge in [0.15, 0.2) is 5.82 Å². The van der Waals surface area contributed by atoms with E-state index in [9.17, 15) is 28.1 Å². The summed E-state index contributed by atoms with van der Waals surface area (Å²) in [6.45, 7) is 3.75. The molecule has 0 bridgehead atoms. The van der Waals surface area contributed by atoms with Gasteiger partial charge < -0.3 is 4.52 Å². The maximum atomic E-state index is 12.7. The highest BCUT2D eigenvalue weighted by molar-refractivity contribution is 5.78. The Bertz CT molecular complexity index is 835. The van der Waals surface area contributed by atoms with E-state index in [4.69, 9.17) is 4.52 Å². The summed E-state index contributed by atoms with van der Waals surface area (Å²) in [4.78, 5) is 25.9. The molecule has 0 saturated heterocycles. The van der Waals surface area contributed by atoms with Gasteiger partial charge in [0, 0.05) is 24.8 Å². The highest BCUT2D eigenvalue weighted by atomic mass is 19.4. The Hall–Kier alpha value is -3.18. The molecule has 0 aliphatic carbocycles. The Morgan fingerprint density at radius 2 is 2.07 bits per heavy atom. The van der Waals surface area contributed by atoms with Crippen LogP contribution in [0.4, 0.5) is 24.5 Å². The van der Waals surface area contributed by atoms with Crippen molar-refractivity contribution in [1.82, 2.24) is 15.6 Å². The van der Waals surface area contributed by atoms with Crippen LogP contribution in [0.5, 0.6) is 0 Å². The zero-order valence-corrected chi connectivity index (χ0v) is 14.3. The maximum absolute atomic E-state index is 12.7. The first kappa shape index (κ1) is 20.1. The molecule has 1 aromatic heterocycles. The van der Waals surface area contributed by atoms with E-state index < -0.39 is 28.3 Å². The summed E-state index contributed by atoms with van der Waals surface area (Å²) in [7, 11) is 0. The summed E-state index contributed by atoms with van der Waals surface area (Å²) in [6.07, 6.45) is -4.64. The van der Waals surface area contributed by atoms with Crippen molar-refractivity contribution in [3.8, 4) is 0 Å². The summed E-state index contributed by atoms with van der Waals surface area (Å²) in [6, 6.07) is 1.93. The van der Waals surface area contributed by atoms with Gasteiger partial charge in [-0.3, -0.25) is 25.8 Å². The van der Waals surface area contributed by atoms with Crippen molar-refractivity contribution in [1.29, 1.82) is 0 Å². The van der Waals surface area contributed by atoms with Crippen molar-refractivity contribution >= 4 is 17.3 Å². The Morgan fingerprint density at radius 1 is 1.37 bits per heavy atom. The van der Waals surface area contributed by atoms with E-state index >= 15 is 0 Å². The standard InChI is InChI=1S/C15H16F3N5O4/c1-8(2)14-19-13(27-22-14)6-5-12(24)21-20-10-4-3-9(15(16,17)18)7-11(10)23(25)26/h3-4,7-8,20H,5-6H2,1-2H3,(H,21,24). The number of alkyl halides is 3. The number of anilines is 1. The molecule has 146 valence electrons. The number of nitro benzene ring substituents is 1. The van der Waals surface area contributed by atoms with Crippen LogP contribution in [-0.4, -0.2) is 21.0 Å². The average Bonchev–Trinajstić information content (AvgIpc) is 3.06. The third kappa shape index (κ3) is 5.39. The largest absolute Gasteiger partial charge is 0.416 e. The van der Waals surface area contributed by atoms with E-state index in [1.54, 1.807) is 0 Å². The lowest BCUT2D eigenvalue weighted by Crippen LogP contribution is -2.30. The third-order valence-electron chi connectivity index (χ3n) is 3.42. The van der Waals surface area contributed by atoms with E-state index in [1.165, 1.54) is 0 Å². The molecule has 2 N–H and O–H groups in total. The third-order valence-corrected chi connectivity index (χ3v) is 3.42. The van der Waals surface area contributed by atoms with Gasteiger partial charge in [0.1, 0.15) is 5.69 Å². The number of halogens is 3. The smallest absolute Gasteiger partial charge is 0.339 e. The molecule has 0 aliphatic heterocycles. The van der Waals surface area contributed by atoms with Crippen LogP contribution in [-0.2, 0) is 17.4 Å². The summed E-state index contributed by atoms with van der Waals surface area (Å²) in [5.74, 6) is 0.268. The number of rotatable bonds is 7. The number of aryl methyl sites for hydroxylation is 1. The van der Waals surface area contributed by atoms with Gasteiger partial charge in [-0.05, 0) is 12.1 Å². The molecular formula is C15H16F3N5O4. The number of carbonyl (C=O) groups is 1. The number of nitrogens with one attached hydrogen (secondary N) is 2. The minimum atomic E-state index is -4.72. The molecule has 1 aromatic carbocycles. The van der Waals surface area contributed by atoms with Gasteiger partial charge in [0.05, 0.1) is 10.5 Å². The number of nitrogens with zero attached hydrogens (tertiary/aromatic N) is 3. The number of carbonyl (C=O) groups excluding carboxylic acids is 1. The lowest BCUT2D eigenvalue weighted by atomic mass is 10.1. The first-order valence-electron chi connectivity index (χ1n) is 7.81. The minimum absolute atomic E-state index is 0.0678. The van der Waals surface area contributed by atoms with Gasteiger partial charge in [-0.25, -0.2) is 0 Å². The number of hydrazine groups is 1. The Morgan fingerprint density at radius 3 is 2.63 bits per heavy atom. The topological polar surface area (TPSA) is 123 Å². The van der Waals surface area contributed by atoms with Crippen LogP contribution < -0.4 is 10.9 Å². The van der Waals surface area contributed by atoms with Gasteiger partial charge in [0.25, 0.3) is 5.69 Å². The van der Waals surface area contributed by atoms with Gasteiger partial charge in [0.2, 0.25) is 11.8 Å². The maximum Gasteiger partial charge on any atom is 0.416 e. The van der Waals surface area contributed by atoms with E-state index in [1.807, 2.05) is 13.8 Å². The lowest BCUT2D eigenvalue weighted by molar-refractivity contribution is -0.384. The number of nitro groups is 1. The van der Waals surface area contributed by atoms with Gasteiger partial charge in [-0.1, -0.05) is 19.0 Å². The first-order valence-corrected chi connectivity index (χ1v) is 7.81. The predicted octanol–water partition coefficient (Wildman–Crippen LogP) is 3.20. The molecule has 1 amide bonds. The van der Waals surface area contributed by atoms with Gasteiger partial charge in [-0.15, -0.1) is 0 Å². The lowest BCUT2D eigenvalue weighted by Gasteiger charge is -2.11. The van der Waals surface area contributed by atoms with Crippen LogP contribution in [0.15, 0.2) is 22.7 Å². The second-order valence-electron chi connectivity index (χ2n) is 5.86. The molecule has 27 heavy (non-hydrogen) atoms. The zero-order chi connectivity index (χ0) is 20.2.